The van der Waals surface area contributed by atoms with E-state index in [0.717, 1.165) is 11.4 Å². The summed E-state index contributed by atoms with van der Waals surface area (Å²) in [7, 11) is 2.92. The fraction of sp³-hybridized carbons (Fsp3) is 0.231. The van der Waals surface area contributed by atoms with Gasteiger partial charge in [0.1, 0.15) is 5.56 Å². The summed E-state index contributed by atoms with van der Waals surface area (Å²) in [5, 5.41) is 3.31. The van der Waals surface area contributed by atoms with Crippen LogP contribution in [0, 0.1) is 0 Å². The highest BCUT2D eigenvalue weighted by Gasteiger charge is 2.23. The number of carbonyl (C=O) groups is 2. The largest absolute Gasteiger partial charge is 0.493 e. The zero-order valence-corrected chi connectivity index (χ0v) is 19.2. The average molecular weight is 449 g/mol. The molecular weight excluding hydrogens is 420 g/mol. The van der Waals surface area contributed by atoms with Crippen molar-refractivity contribution in [3.8, 4) is 11.5 Å². The zero-order valence-electron chi connectivity index (χ0n) is 19.2. The van der Waals surface area contributed by atoms with Crippen molar-refractivity contribution < 1.29 is 23.8 Å². The van der Waals surface area contributed by atoms with Crippen LogP contribution in [0.2, 0.25) is 0 Å². The van der Waals surface area contributed by atoms with E-state index >= 15 is 0 Å². The number of hydrogen-bond acceptors (Lipinski definition) is 6. The molecular formula is C26H28N2O5. The molecule has 3 aromatic carbocycles. The predicted octanol–water partition coefficient (Wildman–Crippen LogP) is 5.05. The molecule has 3 aromatic rings. The van der Waals surface area contributed by atoms with Crippen molar-refractivity contribution in [2.75, 3.05) is 31.0 Å². The van der Waals surface area contributed by atoms with Gasteiger partial charge in [0.25, 0.3) is 5.91 Å². The molecule has 1 N–H and O–H groups in total. The molecule has 0 bridgehead atoms. The molecule has 33 heavy (non-hydrogen) atoms. The van der Waals surface area contributed by atoms with Crippen LogP contribution in [-0.4, -0.2) is 38.7 Å². The van der Waals surface area contributed by atoms with Crippen molar-refractivity contribution in [3.05, 3.63) is 78.4 Å². The fourth-order valence-electron chi connectivity index (χ4n) is 3.45. The van der Waals surface area contributed by atoms with Gasteiger partial charge in [-0.15, -0.1) is 0 Å². The highest BCUT2D eigenvalue weighted by molar-refractivity contribution is 5.98. The van der Waals surface area contributed by atoms with Gasteiger partial charge in [-0.1, -0.05) is 24.3 Å². The molecule has 0 unspecified atom stereocenters. The predicted molar refractivity (Wildman–Crippen MR) is 129 cm³/mol. The number of para-hydroxylation sites is 2. The van der Waals surface area contributed by atoms with Crippen LogP contribution in [0.5, 0.6) is 11.5 Å². The normalized spacial score (nSPS) is 10.5. The first-order chi connectivity index (χ1) is 15.9. The Morgan fingerprint density at radius 1 is 0.848 bits per heavy atom. The van der Waals surface area contributed by atoms with Gasteiger partial charge in [-0.05, 0) is 62.4 Å². The van der Waals surface area contributed by atoms with E-state index in [1.165, 1.54) is 14.2 Å². The number of nitrogens with one attached hydrogen (secondary N) is 1. The minimum atomic E-state index is -0.662. The van der Waals surface area contributed by atoms with Crippen LogP contribution >= 0.6 is 0 Å². The molecule has 3 rings (SSSR count). The number of hydrogen-bond donors (Lipinski definition) is 1. The summed E-state index contributed by atoms with van der Waals surface area (Å²) >= 11 is 0. The summed E-state index contributed by atoms with van der Waals surface area (Å²) in [4.78, 5) is 27.2. The standard InChI is InChI=1S/C26H28N2O5/c1-18(2)28(21-15-13-20(14-16-21)27-19-9-6-5-7-10-19)24(29)17-33-26(30)22-11-8-12-23(31-3)25(22)32-4/h5-16,18,27H,17H2,1-4H3. The molecule has 0 aromatic heterocycles. The van der Waals surface area contributed by atoms with E-state index in [2.05, 4.69) is 5.32 Å². The Bertz CT molecular complexity index is 1080. The number of rotatable bonds is 9. The lowest BCUT2D eigenvalue weighted by Crippen LogP contribution is -2.39. The van der Waals surface area contributed by atoms with E-state index in [1.54, 1.807) is 23.1 Å². The lowest BCUT2D eigenvalue weighted by molar-refractivity contribution is -0.122. The Labute approximate surface area is 193 Å². The molecule has 0 aliphatic heterocycles. The Kier molecular flexibility index (Phi) is 7.91. The third-order valence-electron chi connectivity index (χ3n) is 4.94. The number of esters is 1. The number of nitrogens with zero attached hydrogens (tertiary/aromatic N) is 1. The van der Waals surface area contributed by atoms with E-state index in [9.17, 15) is 9.59 Å². The molecule has 0 saturated carbocycles. The van der Waals surface area contributed by atoms with Crippen LogP contribution in [0.4, 0.5) is 17.1 Å². The first kappa shape index (κ1) is 23.7. The molecule has 7 nitrogen and oxygen atoms in total. The van der Waals surface area contributed by atoms with Crippen LogP contribution in [0.15, 0.2) is 72.8 Å². The second-order valence-electron chi connectivity index (χ2n) is 7.51. The second-order valence-corrected chi connectivity index (χ2v) is 7.51. The first-order valence-electron chi connectivity index (χ1n) is 10.6. The Hall–Kier alpha value is -4.00. The molecule has 7 heteroatoms. The van der Waals surface area contributed by atoms with E-state index in [-0.39, 0.29) is 23.3 Å². The lowest BCUT2D eigenvalue weighted by Gasteiger charge is -2.27. The number of anilines is 3. The third kappa shape index (κ3) is 5.83. The van der Waals surface area contributed by atoms with Crippen molar-refractivity contribution >= 4 is 28.9 Å². The Morgan fingerprint density at radius 2 is 1.52 bits per heavy atom. The van der Waals surface area contributed by atoms with Gasteiger partial charge >= 0.3 is 5.97 Å². The minimum Gasteiger partial charge on any atom is -0.493 e. The number of ether oxygens (including phenoxy) is 3. The molecule has 172 valence electrons. The maximum atomic E-state index is 13.0. The quantitative estimate of drug-likeness (QED) is 0.462. The van der Waals surface area contributed by atoms with Gasteiger partial charge < -0.3 is 24.4 Å². The topological polar surface area (TPSA) is 77.1 Å². The van der Waals surface area contributed by atoms with Crippen LogP contribution in [-0.2, 0) is 9.53 Å². The van der Waals surface area contributed by atoms with Crippen molar-refractivity contribution in [2.24, 2.45) is 0 Å². The summed E-state index contributed by atoms with van der Waals surface area (Å²) in [6, 6.07) is 22.1. The number of amides is 1. The molecule has 0 atom stereocenters. The second kappa shape index (κ2) is 11.0. The molecule has 0 fully saturated rings. The smallest absolute Gasteiger partial charge is 0.342 e. The summed E-state index contributed by atoms with van der Waals surface area (Å²) in [6.07, 6.45) is 0. The fourth-order valence-corrected chi connectivity index (χ4v) is 3.45. The average Bonchev–Trinajstić information content (AvgIpc) is 2.83. The minimum absolute atomic E-state index is 0.129. The molecule has 0 aliphatic rings. The maximum absolute atomic E-state index is 13.0. The molecule has 0 spiro atoms. The summed E-state index contributed by atoms with van der Waals surface area (Å²) in [5.41, 5.74) is 2.78. The lowest BCUT2D eigenvalue weighted by atomic mass is 10.2. The Balaban J connectivity index is 1.69. The van der Waals surface area contributed by atoms with E-state index in [0.29, 0.717) is 11.4 Å². The zero-order chi connectivity index (χ0) is 23.8. The van der Waals surface area contributed by atoms with Gasteiger partial charge in [0, 0.05) is 23.1 Å². The maximum Gasteiger partial charge on any atom is 0.342 e. The Morgan fingerprint density at radius 3 is 2.12 bits per heavy atom. The van der Waals surface area contributed by atoms with Gasteiger partial charge in [0.2, 0.25) is 0 Å². The number of methoxy groups -OCH3 is 2. The van der Waals surface area contributed by atoms with Gasteiger partial charge in [-0.25, -0.2) is 4.79 Å². The molecule has 0 heterocycles. The van der Waals surface area contributed by atoms with Crippen molar-refractivity contribution in [1.82, 2.24) is 0 Å². The molecule has 0 aliphatic carbocycles. The molecule has 0 radical (unpaired) electrons. The van der Waals surface area contributed by atoms with Gasteiger partial charge in [-0.3, -0.25) is 4.79 Å². The third-order valence-corrected chi connectivity index (χ3v) is 4.94. The highest BCUT2D eigenvalue weighted by atomic mass is 16.5. The number of carbonyl (C=O) groups excluding carboxylic acids is 2. The van der Waals surface area contributed by atoms with E-state index in [4.69, 9.17) is 14.2 Å². The number of benzene rings is 3. The molecule has 1 amide bonds. The summed E-state index contributed by atoms with van der Waals surface area (Å²) in [5.74, 6) is -0.319. The molecule has 0 saturated heterocycles. The van der Waals surface area contributed by atoms with Crippen LogP contribution in [0.3, 0.4) is 0 Å². The van der Waals surface area contributed by atoms with E-state index < -0.39 is 12.6 Å². The highest BCUT2D eigenvalue weighted by Crippen LogP contribution is 2.31. The van der Waals surface area contributed by atoms with Gasteiger partial charge in [0.15, 0.2) is 18.1 Å². The van der Waals surface area contributed by atoms with Gasteiger partial charge in [0.05, 0.1) is 14.2 Å². The summed E-state index contributed by atoms with van der Waals surface area (Å²) < 4.78 is 15.8. The van der Waals surface area contributed by atoms with Crippen LogP contribution in [0.1, 0.15) is 24.2 Å². The first-order valence-corrected chi connectivity index (χ1v) is 10.6. The summed E-state index contributed by atoms with van der Waals surface area (Å²) in [6.45, 7) is 3.41. The van der Waals surface area contributed by atoms with Crippen LogP contribution in [0.25, 0.3) is 0 Å². The van der Waals surface area contributed by atoms with Crippen molar-refractivity contribution in [2.45, 2.75) is 19.9 Å². The van der Waals surface area contributed by atoms with E-state index in [1.807, 2.05) is 68.4 Å². The van der Waals surface area contributed by atoms with Crippen molar-refractivity contribution in [3.63, 3.8) is 0 Å². The van der Waals surface area contributed by atoms with Gasteiger partial charge in [-0.2, -0.15) is 0 Å². The van der Waals surface area contributed by atoms with Crippen molar-refractivity contribution in [1.29, 1.82) is 0 Å². The monoisotopic (exact) mass is 448 g/mol. The van der Waals surface area contributed by atoms with Crippen LogP contribution < -0.4 is 19.7 Å². The SMILES string of the molecule is COc1cccc(C(=O)OCC(=O)N(c2ccc(Nc3ccccc3)cc2)C(C)C)c1OC.